The van der Waals surface area contributed by atoms with Crippen molar-refractivity contribution in [1.82, 2.24) is 10.6 Å². The summed E-state index contributed by atoms with van der Waals surface area (Å²) >= 11 is 0. The van der Waals surface area contributed by atoms with Crippen molar-refractivity contribution in [1.29, 1.82) is 0 Å². The van der Waals surface area contributed by atoms with E-state index in [0.29, 0.717) is 43.9 Å². The second kappa shape index (κ2) is 9.30. The summed E-state index contributed by atoms with van der Waals surface area (Å²) in [6.45, 7) is 3.57. The highest BCUT2D eigenvalue weighted by Gasteiger charge is 2.37. The van der Waals surface area contributed by atoms with Gasteiger partial charge in [-0.25, -0.2) is 5.43 Å². The van der Waals surface area contributed by atoms with Crippen molar-refractivity contribution in [3.63, 3.8) is 0 Å². The van der Waals surface area contributed by atoms with Gasteiger partial charge in [-0.05, 0) is 35.7 Å². The molecule has 1 aromatic heterocycles. The van der Waals surface area contributed by atoms with E-state index in [9.17, 15) is 18.0 Å². The number of aromatic nitrogens is 1. The molecule has 1 aliphatic heterocycles. The van der Waals surface area contributed by atoms with Crippen LogP contribution in [0.1, 0.15) is 42.1 Å². The van der Waals surface area contributed by atoms with Crippen LogP contribution in [-0.2, 0) is 30.4 Å². The third-order valence-electron chi connectivity index (χ3n) is 5.50. The Morgan fingerprint density at radius 1 is 1.30 bits per heavy atom. The lowest BCUT2D eigenvalue weighted by Gasteiger charge is -2.20. The number of hydrogen-bond acceptors (Lipinski definition) is 6. The Morgan fingerprint density at radius 3 is 2.85 bits per heavy atom. The van der Waals surface area contributed by atoms with Crippen LogP contribution in [0, 0.1) is 0 Å². The second-order valence-electron chi connectivity index (χ2n) is 7.92. The van der Waals surface area contributed by atoms with Crippen LogP contribution in [0.4, 0.5) is 18.9 Å². The van der Waals surface area contributed by atoms with E-state index >= 15 is 0 Å². The highest BCUT2D eigenvalue weighted by molar-refractivity contribution is 5.85. The number of nitrogens with zero attached hydrogens (tertiary/aromatic N) is 2. The minimum Gasteiger partial charge on any atom is -0.493 e. The maximum Gasteiger partial charge on any atom is 0.437 e. The first-order valence-corrected chi connectivity index (χ1v) is 10.7. The topological polar surface area (TPSA) is 87.8 Å². The molecule has 0 spiro atoms. The van der Waals surface area contributed by atoms with Crippen molar-refractivity contribution < 1.29 is 32.3 Å². The van der Waals surface area contributed by atoms with Gasteiger partial charge in [-0.1, -0.05) is 30.6 Å². The predicted molar refractivity (Wildman–Crippen MR) is 115 cm³/mol. The molecule has 0 bridgehead atoms. The van der Waals surface area contributed by atoms with Gasteiger partial charge in [0.15, 0.2) is 11.3 Å². The summed E-state index contributed by atoms with van der Waals surface area (Å²) in [6.07, 6.45) is -2.70. The number of halogens is 3. The highest BCUT2D eigenvalue weighted by atomic mass is 19.4. The van der Waals surface area contributed by atoms with Crippen LogP contribution in [0.25, 0.3) is 11.0 Å². The zero-order valence-corrected chi connectivity index (χ0v) is 18.0. The Labute approximate surface area is 188 Å². The summed E-state index contributed by atoms with van der Waals surface area (Å²) in [5.41, 5.74) is 5.76. The first-order valence-electron chi connectivity index (χ1n) is 10.7. The quantitative estimate of drug-likeness (QED) is 0.444. The number of alkyl halides is 3. The molecule has 0 atom stereocenters. The summed E-state index contributed by atoms with van der Waals surface area (Å²) in [4.78, 5) is 10.9. The van der Waals surface area contributed by atoms with E-state index < -0.39 is 17.8 Å². The van der Waals surface area contributed by atoms with Crippen LogP contribution in [0.15, 0.2) is 34.9 Å². The monoisotopic (exact) mass is 463 g/mol. The molecule has 3 aromatic rings. The number of anilines is 1. The molecule has 176 valence electrons. The number of carboxylic acids is 1. The van der Waals surface area contributed by atoms with E-state index in [4.69, 9.17) is 14.4 Å². The third-order valence-corrected chi connectivity index (χ3v) is 5.50. The number of carbonyl (C=O) groups is 1. The van der Waals surface area contributed by atoms with Gasteiger partial charge in [-0.15, -0.1) is 0 Å². The number of nitrogens with one attached hydrogen (secondary N) is 1. The van der Waals surface area contributed by atoms with Crippen LogP contribution in [0.2, 0.25) is 0 Å². The van der Waals surface area contributed by atoms with Crippen molar-refractivity contribution in [2.24, 2.45) is 0 Å². The van der Waals surface area contributed by atoms with Gasteiger partial charge < -0.3 is 19.4 Å². The Kier molecular flexibility index (Phi) is 6.46. The van der Waals surface area contributed by atoms with Crippen LogP contribution in [0.3, 0.4) is 0 Å². The number of rotatable bonds is 9. The van der Waals surface area contributed by atoms with Crippen LogP contribution in [0.5, 0.6) is 5.75 Å². The minimum atomic E-state index is -4.58. The number of hydrazine groups is 1. The molecule has 0 radical (unpaired) electrons. The smallest absolute Gasteiger partial charge is 0.437 e. The fourth-order valence-electron chi connectivity index (χ4n) is 4.07. The van der Waals surface area contributed by atoms with Gasteiger partial charge in [0.25, 0.3) is 0 Å². The molecule has 2 heterocycles. The molecular formula is C23H24F3N3O4. The lowest BCUT2D eigenvalue weighted by atomic mass is 10.0. The van der Waals surface area contributed by atoms with Crippen molar-refractivity contribution in [3.05, 3.63) is 52.7 Å². The first kappa shape index (κ1) is 22.9. The normalized spacial score (nSPS) is 13.5. The number of aliphatic carboxylic acids is 1. The molecule has 2 aromatic carbocycles. The molecule has 1 aliphatic rings. The Hall–Kier alpha value is -3.27. The second-order valence-corrected chi connectivity index (χ2v) is 7.92. The van der Waals surface area contributed by atoms with E-state index in [0.717, 1.165) is 23.2 Å². The van der Waals surface area contributed by atoms with Crippen molar-refractivity contribution in [2.45, 2.75) is 45.3 Å². The number of fused-ring (bicyclic) bond motifs is 2. The molecule has 0 aliphatic carbocycles. The van der Waals surface area contributed by atoms with Gasteiger partial charge in [-0.3, -0.25) is 4.79 Å². The van der Waals surface area contributed by atoms with Crippen LogP contribution < -0.4 is 15.2 Å². The third kappa shape index (κ3) is 4.90. The fourth-order valence-corrected chi connectivity index (χ4v) is 4.07. The summed E-state index contributed by atoms with van der Waals surface area (Å²) in [5.74, 6) is -0.363. The number of benzene rings is 2. The molecule has 33 heavy (non-hydrogen) atoms. The van der Waals surface area contributed by atoms with Crippen LogP contribution in [-0.4, -0.2) is 29.4 Å². The molecule has 10 heteroatoms. The summed E-state index contributed by atoms with van der Waals surface area (Å²) in [7, 11) is 0. The van der Waals surface area contributed by atoms with Gasteiger partial charge in [0, 0.05) is 25.1 Å². The predicted octanol–water partition coefficient (Wildman–Crippen LogP) is 4.72. The highest BCUT2D eigenvalue weighted by Crippen LogP contribution is 2.38. The summed E-state index contributed by atoms with van der Waals surface area (Å²) < 4.78 is 50.4. The zero-order valence-electron chi connectivity index (χ0n) is 18.0. The van der Waals surface area contributed by atoms with Gasteiger partial charge >= 0.3 is 12.1 Å². The lowest BCUT2D eigenvalue weighted by molar-refractivity contribution is -0.141. The van der Waals surface area contributed by atoms with E-state index in [2.05, 4.69) is 10.6 Å². The van der Waals surface area contributed by atoms with Crippen molar-refractivity contribution in [3.8, 4) is 5.75 Å². The molecule has 4 rings (SSSR count). The molecule has 0 saturated carbocycles. The molecule has 0 unspecified atom stereocenters. The maximum absolute atomic E-state index is 13.2. The average molecular weight is 463 g/mol. The Morgan fingerprint density at radius 2 is 2.12 bits per heavy atom. The zero-order chi connectivity index (χ0) is 23.6. The van der Waals surface area contributed by atoms with Crippen LogP contribution >= 0.6 is 0 Å². The van der Waals surface area contributed by atoms with Gasteiger partial charge in [0.05, 0.1) is 24.1 Å². The fraction of sp³-hybridized carbons (Fsp3) is 0.391. The van der Waals surface area contributed by atoms with E-state index in [1.54, 1.807) is 6.07 Å². The molecule has 0 saturated heterocycles. The number of aryl methyl sites for hydroxylation is 1. The molecule has 0 amide bonds. The average Bonchev–Trinajstić information content (AvgIpc) is 3.36. The number of ether oxygens (including phenoxy) is 1. The lowest BCUT2D eigenvalue weighted by Crippen LogP contribution is -2.33. The maximum atomic E-state index is 13.2. The van der Waals surface area contributed by atoms with Crippen molar-refractivity contribution in [2.75, 3.05) is 18.2 Å². The Balaban J connectivity index is 1.40. The van der Waals surface area contributed by atoms with Gasteiger partial charge in [0.1, 0.15) is 5.75 Å². The van der Waals surface area contributed by atoms with E-state index in [1.807, 2.05) is 30.1 Å². The summed E-state index contributed by atoms with van der Waals surface area (Å²) in [5, 5.41) is 14.1. The molecule has 2 N–H and O–H groups in total. The van der Waals surface area contributed by atoms with Gasteiger partial charge in [-0.2, -0.15) is 13.2 Å². The van der Waals surface area contributed by atoms with E-state index in [1.165, 1.54) is 6.07 Å². The molecule has 7 nitrogen and oxygen atoms in total. The summed E-state index contributed by atoms with van der Waals surface area (Å²) in [6, 6.07) is 8.50. The minimum absolute atomic E-state index is 0.0127. The molecular weight excluding hydrogens is 439 g/mol. The number of carboxylic acid groups (broad SMARTS) is 1. The standard InChI is InChI=1S/C23H24F3N3O4/c1-2-4-16-19(8-6-17-21(16)33-28-22(17)23(24,25)26)32-10-3-9-29-18-7-5-14(12-20(30)31)11-15(18)13-27-29/h5-8,11,27H,2-4,9-10,12-13H2,1H3,(H,30,31). The van der Waals surface area contributed by atoms with E-state index in [-0.39, 0.29) is 17.4 Å². The SMILES string of the molecule is CCCc1c(OCCCN2NCc3cc(CC(=O)O)ccc32)ccc2c(C(F)(F)F)noc12. The Bertz CT molecular complexity index is 1160. The van der Waals surface area contributed by atoms with Crippen molar-refractivity contribution >= 4 is 22.6 Å². The number of hydrogen-bond donors (Lipinski definition) is 2. The molecule has 0 fully saturated rings. The first-order chi connectivity index (χ1) is 15.8. The van der Waals surface area contributed by atoms with Gasteiger partial charge in [0.2, 0.25) is 0 Å². The largest absolute Gasteiger partial charge is 0.493 e.